The first kappa shape index (κ1) is 35.8. The molecule has 0 amide bonds. The predicted molar refractivity (Wildman–Crippen MR) is 180 cm³/mol. The van der Waals surface area contributed by atoms with Gasteiger partial charge in [-0.1, -0.05) is 69.9 Å². The highest BCUT2D eigenvalue weighted by Gasteiger charge is 2.26. The van der Waals surface area contributed by atoms with Gasteiger partial charge < -0.3 is 9.47 Å². The van der Waals surface area contributed by atoms with Gasteiger partial charge >= 0.3 is 0 Å². The van der Waals surface area contributed by atoms with E-state index >= 15 is 0 Å². The van der Waals surface area contributed by atoms with Crippen LogP contribution in [0.5, 0.6) is 11.5 Å². The number of hydrogen-bond donors (Lipinski definition) is 0. The van der Waals surface area contributed by atoms with Gasteiger partial charge in [-0.2, -0.15) is 8.78 Å². The Kier molecular flexibility index (Phi) is 13.8. The molecule has 0 radical (unpaired) electrons. The van der Waals surface area contributed by atoms with Crippen LogP contribution in [0.3, 0.4) is 0 Å². The zero-order valence-electron chi connectivity index (χ0n) is 28.2. The lowest BCUT2D eigenvalue weighted by atomic mass is 9.77. The molecule has 3 aromatic carbocycles. The molecule has 252 valence electrons. The van der Waals surface area contributed by atoms with Gasteiger partial charge in [-0.15, -0.1) is 0 Å². The molecule has 0 saturated heterocycles. The average Bonchev–Trinajstić information content (AvgIpc) is 3.07. The second-order valence-electron chi connectivity index (χ2n) is 13.0. The lowest BCUT2D eigenvalue weighted by Gasteiger charge is -2.29. The minimum atomic E-state index is -0.914. The lowest BCUT2D eigenvalue weighted by Crippen LogP contribution is -2.15. The van der Waals surface area contributed by atoms with Crippen LogP contribution >= 0.6 is 0 Å². The van der Waals surface area contributed by atoms with Crippen LogP contribution in [0.15, 0.2) is 48.5 Å². The second-order valence-corrected chi connectivity index (χ2v) is 13.0. The van der Waals surface area contributed by atoms with Crippen LogP contribution in [0.25, 0.3) is 11.1 Å². The van der Waals surface area contributed by atoms with Gasteiger partial charge in [0.15, 0.2) is 23.1 Å². The van der Waals surface area contributed by atoms with Crippen LogP contribution in [0.4, 0.5) is 17.6 Å². The van der Waals surface area contributed by atoms with Crippen molar-refractivity contribution in [2.75, 3.05) is 13.2 Å². The lowest BCUT2D eigenvalue weighted by molar-refractivity contribution is 0.295. The molecule has 2 aliphatic rings. The molecule has 0 N–H and O–H groups in total. The summed E-state index contributed by atoms with van der Waals surface area (Å²) in [5, 5.41) is 0. The van der Waals surface area contributed by atoms with Gasteiger partial charge in [-0.3, -0.25) is 0 Å². The third kappa shape index (κ3) is 9.07. The molecular formula is C40H52F4O2. The highest BCUT2D eigenvalue weighted by molar-refractivity contribution is 5.65. The molecule has 2 aliphatic carbocycles. The molecule has 3 aromatic rings. The topological polar surface area (TPSA) is 18.5 Å². The maximum atomic E-state index is 14.4. The van der Waals surface area contributed by atoms with Gasteiger partial charge in [0.05, 0.1) is 13.2 Å². The zero-order valence-corrected chi connectivity index (χ0v) is 28.2. The maximum absolute atomic E-state index is 14.4. The van der Waals surface area contributed by atoms with Gasteiger partial charge in [0.1, 0.15) is 0 Å². The summed E-state index contributed by atoms with van der Waals surface area (Å²) in [7, 11) is 0. The summed E-state index contributed by atoms with van der Waals surface area (Å²) >= 11 is 0. The number of benzene rings is 3. The third-order valence-electron chi connectivity index (χ3n) is 9.94. The average molecular weight is 641 g/mol. The predicted octanol–water partition coefficient (Wildman–Crippen LogP) is 12.5. The molecule has 2 nitrogen and oxygen atoms in total. The van der Waals surface area contributed by atoms with E-state index in [9.17, 15) is 17.6 Å². The van der Waals surface area contributed by atoms with Crippen molar-refractivity contribution in [3.8, 4) is 22.6 Å². The minimum Gasteiger partial charge on any atom is -0.491 e. The van der Waals surface area contributed by atoms with Crippen LogP contribution < -0.4 is 9.47 Å². The fourth-order valence-corrected chi connectivity index (χ4v) is 7.45. The SMILES string of the molecule is CCCC1CCC(c2ccc(-c3ccc(OCC)c(F)c3F)cc2)CC1.CCCC1CCC(c2ccc(OCC)c(F)c2F)CC1. The van der Waals surface area contributed by atoms with Crippen molar-refractivity contribution in [3.63, 3.8) is 0 Å². The summed E-state index contributed by atoms with van der Waals surface area (Å²) in [5.41, 5.74) is 2.83. The van der Waals surface area contributed by atoms with E-state index in [2.05, 4.69) is 26.0 Å². The Balaban J connectivity index is 0.000000216. The van der Waals surface area contributed by atoms with Gasteiger partial charge in [-0.05, 0) is 124 Å². The van der Waals surface area contributed by atoms with E-state index in [4.69, 9.17) is 9.47 Å². The molecule has 5 rings (SSSR count). The first-order valence-corrected chi connectivity index (χ1v) is 17.6. The highest BCUT2D eigenvalue weighted by atomic mass is 19.2. The molecule has 2 fully saturated rings. The van der Waals surface area contributed by atoms with Crippen LogP contribution in [0.1, 0.15) is 128 Å². The smallest absolute Gasteiger partial charge is 0.201 e. The van der Waals surface area contributed by atoms with Crippen LogP contribution in [0.2, 0.25) is 0 Å². The van der Waals surface area contributed by atoms with Crippen molar-refractivity contribution in [1.82, 2.24) is 0 Å². The second kappa shape index (κ2) is 17.8. The van der Waals surface area contributed by atoms with Crippen LogP contribution in [0, 0.1) is 35.1 Å². The zero-order chi connectivity index (χ0) is 33.1. The molecule has 0 aromatic heterocycles. The molecule has 0 unspecified atom stereocenters. The summed E-state index contributed by atoms with van der Waals surface area (Å²) in [5.74, 6) is -0.903. The van der Waals surface area contributed by atoms with Gasteiger partial charge in [0.2, 0.25) is 11.6 Å². The van der Waals surface area contributed by atoms with Crippen molar-refractivity contribution in [2.24, 2.45) is 11.8 Å². The van der Waals surface area contributed by atoms with Crippen LogP contribution in [-0.4, -0.2) is 13.2 Å². The molecule has 0 atom stereocenters. The van der Waals surface area contributed by atoms with Crippen molar-refractivity contribution < 1.29 is 27.0 Å². The van der Waals surface area contributed by atoms with E-state index in [1.165, 1.54) is 63.0 Å². The van der Waals surface area contributed by atoms with E-state index in [1.807, 2.05) is 12.1 Å². The Labute approximate surface area is 273 Å². The largest absolute Gasteiger partial charge is 0.491 e. The molecule has 0 bridgehead atoms. The van der Waals surface area contributed by atoms with E-state index in [0.29, 0.717) is 30.3 Å². The quantitative estimate of drug-likeness (QED) is 0.194. The van der Waals surface area contributed by atoms with Crippen molar-refractivity contribution in [2.45, 2.75) is 117 Å². The van der Waals surface area contributed by atoms with Gasteiger partial charge in [0, 0.05) is 5.56 Å². The summed E-state index contributed by atoms with van der Waals surface area (Å²) < 4.78 is 66.8. The molecule has 2 saturated carbocycles. The van der Waals surface area contributed by atoms with E-state index in [-0.39, 0.29) is 23.0 Å². The number of hydrogen-bond acceptors (Lipinski definition) is 2. The summed E-state index contributed by atoms with van der Waals surface area (Å²) in [6.45, 7) is 8.63. The molecular weight excluding hydrogens is 588 g/mol. The first-order valence-electron chi connectivity index (χ1n) is 17.6. The van der Waals surface area contributed by atoms with Crippen LogP contribution in [-0.2, 0) is 0 Å². The molecule has 0 aliphatic heterocycles. The Morgan fingerprint density at radius 3 is 1.50 bits per heavy atom. The fraction of sp³-hybridized carbons (Fsp3) is 0.550. The van der Waals surface area contributed by atoms with E-state index < -0.39 is 23.3 Å². The van der Waals surface area contributed by atoms with Crippen molar-refractivity contribution in [1.29, 1.82) is 0 Å². The third-order valence-corrected chi connectivity index (χ3v) is 9.94. The van der Waals surface area contributed by atoms with Crippen molar-refractivity contribution in [3.05, 3.63) is 82.9 Å². The van der Waals surface area contributed by atoms with E-state index in [0.717, 1.165) is 37.5 Å². The summed E-state index contributed by atoms with van der Waals surface area (Å²) in [4.78, 5) is 0. The van der Waals surface area contributed by atoms with Crippen molar-refractivity contribution >= 4 is 0 Å². The molecule has 0 heterocycles. The molecule has 46 heavy (non-hydrogen) atoms. The number of ether oxygens (including phenoxy) is 2. The number of halogens is 4. The Morgan fingerprint density at radius 2 is 1.00 bits per heavy atom. The maximum Gasteiger partial charge on any atom is 0.201 e. The highest BCUT2D eigenvalue weighted by Crippen LogP contribution is 2.40. The fourth-order valence-electron chi connectivity index (χ4n) is 7.45. The minimum absolute atomic E-state index is 0.0217. The monoisotopic (exact) mass is 640 g/mol. The molecule has 0 spiro atoms. The summed E-state index contributed by atoms with van der Waals surface area (Å²) in [6.07, 6.45) is 14.4. The van der Waals surface area contributed by atoms with Gasteiger partial charge in [-0.25, -0.2) is 8.78 Å². The Hall–Kier alpha value is -3.02. The summed E-state index contributed by atoms with van der Waals surface area (Å²) in [6, 6.07) is 14.3. The standard InChI is InChI=1S/C23H28F2O.C17H24F2O/c1-3-5-16-6-8-17(9-7-16)18-10-12-19(13-11-18)20-14-15-21(26-4-2)23(25)22(20)24;1-3-5-12-6-8-13(9-7-12)14-10-11-15(20-4-2)17(19)16(14)18/h10-17H,3-9H2,1-2H3;10-13H,3-9H2,1-2H3. The molecule has 6 heteroatoms. The Bertz CT molecular complexity index is 1360. The first-order chi connectivity index (χ1) is 22.3. The van der Waals surface area contributed by atoms with E-state index in [1.54, 1.807) is 32.0 Å². The number of rotatable bonds is 11. The Morgan fingerprint density at radius 1 is 0.522 bits per heavy atom. The normalized spacial score (nSPS) is 21.3. The van der Waals surface area contributed by atoms with Gasteiger partial charge in [0.25, 0.3) is 0 Å².